The molecule has 2 aromatic carbocycles. The van der Waals surface area contributed by atoms with Crippen molar-refractivity contribution in [3.05, 3.63) is 89.4 Å². The van der Waals surface area contributed by atoms with E-state index in [0.29, 0.717) is 18.8 Å². The molecule has 0 fully saturated rings. The first kappa shape index (κ1) is 24.4. The van der Waals surface area contributed by atoms with Crippen molar-refractivity contribution in [3.63, 3.8) is 0 Å². The summed E-state index contributed by atoms with van der Waals surface area (Å²) in [4.78, 5) is 17.2. The molecule has 37 heavy (non-hydrogen) atoms. The Hall–Kier alpha value is -4.31. The van der Waals surface area contributed by atoms with Crippen LogP contribution in [0.25, 0.3) is 10.9 Å². The number of aromatic nitrogens is 2. The maximum absolute atomic E-state index is 12.5. The predicted octanol–water partition coefficient (Wildman–Crippen LogP) is 5.43. The summed E-state index contributed by atoms with van der Waals surface area (Å²) in [5.41, 5.74) is 5.75. The van der Waals surface area contributed by atoms with Crippen molar-refractivity contribution in [2.75, 3.05) is 25.1 Å². The average Bonchev–Trinajstić information content (AvgIpc) is 3.35. The number of aryl methyl sites for hydroxylation is 1. The highest BCUT2D eigenvalue weighted by Crippen LogP contribution is 2.31. The number of nitrogens with one attached hydrogen (secondary N) is 1. The Balaban J connectivity index is 1.33. The van der Waals surface area contributed by atoms with E-state index in [2.05, 4.69) is 28.1 Å². The maximum atomic E-state index is 12.5. The van der Waals surface area contributed by atoms with Gasteiger partial charge in [0, 0.05) is 35.8 Å². The normalized spacial score (nSPS) is 13.3. The zero-order valence-corrected chi connectivity index (χ0v) is 20.9. The minimum absolute atomic E-state index is 0.175. The quantitative estimate of drug-likeness (QED) is 0.312. The molecule has 0 aliphatic carbocycles. The fraction of sp³-hybridized carbons (Fsp3) is 0.300. The summed E-state index contributed by atoms with van der Waals surface area (Å²) in [6.07, 6.45) is 5.02. The van der Waals surface area contributed by atoms with E-state index in [4.69, 9.17) is 14.5 Å². The lowest BCUT2D eigenvalue weighted by Crippen LogP contribution is -2.16. The number of anilines is 1. The number of pyridine rings is 1. The Labute approximate surface area is 216 Å². The molecule has 7 heteroatoms. The van der Waals surface area contributed by atoms with Gasteiger partial charge in [0.15, 0.2) is 0 Å². The molecule has 1 N–H and O–H groups in total. The van der Waals surface area contributed by atoms with Gasteiger partial charge in [-0.25, -0.2) is 0 Å². The van der Waals surface area contributed by atoms with Gasteiger partial charge in [-0.3, -0.25) is 9.78 Å². The average molecular weight is 495 g/mol. The van der Waals surface area contributed by atoms with Crippen LogP contribution in [0.2, 0.25) is 0 Å². The molecule has 188 valence electrons. The molecule has 0 bridgehead atoms. The molecular weight excluding hydrogens is 464 g/mol. The van der Waals surface area contributed by atoms with Crippen molar-refractivity contribution in [1.29, 1.82) is 5.26 Å². The van der Waals surface area contributed by atoms with Crippen LogP contribution in [0.4, 0.5) is 5.69 Å². The number of nitriles is 1. The Morgan fingerprint density at radius 3 is 2.97 bits per heavy atom. The van der Waals surface area contributed by atoms with Crippen LogP contribution in [0.3, 0.4) is 0 Å². The summed E-state index contributed by atoms with van der Waals surface area (Å²) >= 11 is 0. The van der Waals surface area contributed by atoms with E-state index < -0.39 is 0 Å². The van der Waals surface area contributed by atoms with E-state index >= 15 is 0 Å². The number of hydrogen-bond donors (Lipinski definition) is 1. The van der Waals surface area contributed by atoms with Gasteiger partial charge in [0.2, 0.25) is 0 Å². The molecule has 4 aromatic rings. The zero-order chi connectivity index (χ0) is 25.6. The summed E-state index contributed by atoms with van der Waals surface area (Å²) in [5.74, 6) is 0.515. The maximum Gasteiger partial charge on any atom is 0.308 e. The molecule has 0 radical (unpaired) electrons. The van der Waals surface area contributed by atoms with Crippen LogP contribution < -0.4 is 10.1 Å². The Morgan fingerprint density at radius 1 is 1.19 bits per heavy atom. The molecule has 1 aliphatic heterocycles. The first-order chi connectivity index (χ1) is 18.1. The Kier molecular flexibility index (Phi) is 7.36. The number of ether oxygens (including phenoxy) is 2. The van der Waals surface area contributed by atoms with Crippen LogP contribution in [-0.4, -0.2) is 35.3 Å². The zero-order valence-electron chi connectivity index (χ0n) is 20.9. The lowest BCUT2D eigenvalue weighted by Gasteiger charge is -2.20. The molecular formula is C30H30N4O3. The van der Waals surface area contributed by atoms with E-state index in [1.165, 1.54) is 0 Å². The van der Waals surface area contributed by atoms with E-state index in [9.17, 15) is 10.1 Å². The van der Waals surface area contributed by atoms with Crippen LogP contribution in [0.15, 0.2) is 66.9 Å². The van der Waals surface area contributed by atoms with Crippen molar-refractivity contribution in [3.8, 4) is 11.8 Å². The minimum Gasteiger partial charge on any atom is -0.493 e. The van der Waals surface area contributed by atoms with E-state index in [1.54, 1.807) is 13.0 Å². The van der Waals surface area contributed by atoms with Crippen molar-refractivity contribution < 1.29 is 14.3 Å². The van der Waals surface area contributed by atoms with Gasteiger partial charge in [-0.05, 0) is 73.9 Å². The molecule has 3 heterocycles. The summed E-state index contributed by atoms with van der Waals surface area (Å²) in [5, 5.41) is 13.8. The fourth-order valence-corrected chi connectivity index (χ4v) is 4.86. The molecule has 0 spiro atoms. The number of nitrogens with zero attached hydrogens (tertiary/aromatic N) is 3. The van der Waals surface area contributed by atoms with Crippen LogP contribution in [0.1, 0.15) is 48.3 Å². The third kappa shape index (κ3) is 5.59. The number of rotatable bonds is 9. The lowest BCUT2D eigenvalue weighted by atomic mass is 10.0. The van der Waals surface area contributed by atoms with Gasteiger partial charge in [0.05, 0.1) is 48.7 Å². The van der Waals surface area contributed by atoms with Crippen molar-refractivity contribution in [2.24, 2.45) is 0 Å². The molecule has 1 unspecified atom stereocenters. The highest BCUT2D eigenvalue weighted by atomic mass is 16.5. The lowest BCUT2D eigenvalue weighted by molar-refractivity contribution is -0.143. The van der Waals surface area contributed by atoms with Crippen LogP contribution >= 0.6 is 0 Å². The fourth-order valence-electron chi connectivity index (χ4n) is 4.86. The van der Waals surface area contributed by atoms with E-state index in [-0.39, 0.29) is 18.4 Å². The third-order valence-corrected chi connectivity index (χ3v) is 6.66. The SMILES string of the molecule is CCOC(=O)CC(c1cccc(C#N)c1)n1ccc2cc(OCCc3ccc4c(n3)CCCN4)ccc21. The van der Waals surface area contributed by atoms with Gasteiger partial charge in [0.25, 0.3) is 0 Å². The number of carbonyl (C=O) groups is 1. The van der Waals surface area contributed by atoms with Gasteiger partial charge < -0.3 is 19.4 Å². The molecule has 7 nitrogen and oxygen atoms in total. The second kappa shape index (κ2) is 11.2. The molecule has 5 rings (SSSR count). The predicted molar refractivity (Wildman–Crippen MR) is 143 cm³/mol. The first-order valence-corrected chi connectivity index (χ1v) is 12.8. The van der Waals surface area contributed by atoms with Crippen molar-refractivity contribution >= 4 is 22.6 Å². The van der Waals surface area contributed by atoms with Gasteiger partial charge in [-0.2, -0.15) is 5.26 Å². The Bertz CT molecular complexity index is 1450. The van der Waals surface area contributed by atoms with E-state index in [0.717, 1.165) is 65.1 Å². The molecule has 2 aromatic heterocycles. The molecule has 1 atom stereocenters. The minimum atomic E-state index is -0.291. The highest BCUT2D eigenvalue weighted by molar-refractivity contribution is 5.82. The summed E-state index contributed by atoms with van der Waals surface area (Å²) < 4.78 is 13.4. The number of esters is 1. The topological polar surface area (TPSA) is 89.2 Å². The Morgan fingerprint density at radius 2 is 2.11 bits per heavy atom. The standard InChI is InChI=1S/C30H30N4O3/c1-2-36-30(35)19-29(22-6-3-5-21(17-22)20-31)34-15-12-23-18-25(9-11-28(23)34)37-16-13-24-8-10-26-27(33-24)7-4-14-32-26/h3,5-6,8-12,15,17-18,29,32H,2,4,7,13-14,16,19H2,1H3. The van der Waals surface area contributed by atoms with Gasteiger partial charge >= 0.3 is 5.97 Å². The van der Waals surface area contributed by atoms with Gasteiger partial charge in [-0.1, -0.05) is 12.1 Å². The number of hydrogen-bond acceptors (Lipinski definition) is 6. The van der Waals surface area contributed by atoms with Crippen LogP contribution in [0, 0.1) is 11.3 Å². The van der Waals surface area contributed by atoms with Crippen molar-refractivity contribution in [1.82, 2.24) is 9.55 Å². The monoisotopic (exact) mass is 494 g/mol. The van der Waals surface area contributed by atoms with E-state index in [1.807, 2.05) is 48.7 Å². The summed E-state index contributed by atoms with van der Waals surface area (Å²) in [6.45, 7) is 3.68. The summed E-state index contributed by atoms with van der Waals surface area (Å²) in [7, 11) is 0. The first-order valence-electron chi connectivity index (χ1n) is 12.8. The van der Waals surface area contributed by atoms with Gasteiger partial charge in [-0.15, -0.1) is 0 Å². The van der Waals surface area contributed by atoms with Crippen LogP contribution in [-0.2, 0) is 22.4 Å². The molecule has 0 amide bonds. The number of benzene rings is 2. The highest BCUT2D eigenvalue weighted by Gasteiger charge is 2.21. The largest absolute Gasteiger partial charge is 0.493 e. The second-order valence-corrected chi connectivity index (χ2v) is 9.13. The third-order valence-electron chi connectivity index (χ3n) is 6.66. The van der Waals surface area contributed by atoms with Crippen molar-refractivity contribution in [2.45, 2.75) is 38.6 Å². The van der Waals surface area contributed by atoms with Crippen LogP contribution in [0.5, 0.6) is 5.75 Å². The second-order valence-electron chi connectivity index (χ2n) is 9.13. The smallest absolute Gasteiger partial charge is 0.308 e. The van der Waals surface area contributed by atoms with Gasteiger partial charge in [0.1, 0.15) is 5.75 Å². The number of fused-ring (bicyclic) bond motifs is 2. The number of carbonyl (C=O) groups excluding carboxylic acids is 1. The summed E-state index contributed by atoms with van der Waals surface area (Å²) in [6, 6.07) is 21.5. The molecule has 0 saturated heterocycles. The molecule has 0 saturated carbocycles. The molecule has 1 aliphatic rings.